The van der Waals surface area contributed by atoms with E-state index in [1.807, 2.05) is 27.7 Å². The molecule has 0 aliphatic carbocycles. The lowest BCUT2D eigenvalue weighted by Crippen LogP contribution is -2.44. The van der Waals surface area contributed by atoms with Crippen molar-refractivity contribution < 1.29 is 0 Å². The summed E-state index contributed by atoms with van der Waals surface area (Å²) in [5, 5.41) is 0. The summed E-state index contributed by atoms with van der Waals surface area (Å²) in [6.45, 7) is 16.4. The van der Waals surface area contributed by atoms with Crippen molar-refractivity contribution in [1.82, 2.24) is 4.90 Å². The molecule has 0 saturated carbocycles. The highest BCUT2D eigenvalue weighted by molar-refractivity contribution is 4.82. The fourth-order valence-electron chi connectivity index (χ4n) is 2.30. The molecule has 1 aliphatic rings. The summed E-state index contributed by atoms with van der Waals surface area (Å²) in [5.74, 6) is 1.81. The third-order valence-electron chi connectivity index (χ3n) is 3.43. The number of hydrogen-bond donors (Lipinski definition) is 0. The highest BCUT2D eigenvalue weighted by Crippen LogP contribution is 2.28. The summed E-state index contributed by atoms with van der Waals surface area (Å²) in [7, 11) is 2.26. The van der Waals surface area contributed by atoms with E-state index in [4.69, 9.17) is 0 Å². The first kappa shape index (κ1) is 17.4. The van der Waals surface area contributed by atoms with Gasteiger partial charge in [-0.15, -0.1) is 0 Å². The van der Waals surface area contributed by atoms with E-state index >= 15 is 0 Å². The zero-order valence-electron chi connectivity index (χ0n) is 12.3. The zero-order chi connectivity index (χ0) is 12.4. The average molecular weight is 215 g/mol. The van der Waals surface area contributed by atoms with E-state index in [1.165, 1.54) is 19.4 Å². The van der Waals surface area contributed by atoms with Crippen LogP contribution in [0.5, 0.6) is 0 Å². The molecule has 3 unspecified atom stereocenters. The van der Waals surface area contributed by atoms with Crippen molar-refractivity contribution in [3.05, 3.63) is 0 Å². The van der Waals surface area contributed by atoms with Gasteiger partial charge < -0.3 is 4.90 Å². The van der Waals surface area contributed by atoms with Crippen molar-refractivity contribution in [2.45, 2.75) is 67.3 Å². The van der Waals surface area contributed by atoms with Gasteiger partial charge in [-0.25, -0.2) is 0 Å². The second kappa shape index (κ2) is 10.5. The van der Waals surface area contributed by atoms with Crippen molar-refractivity contribution in [3.63, 3.8) is 0 Å². The molecule has 0 aromatic rings. The summed E-state index contributed by atoms with van der Waals surface area (Å²) in [6.07, 6.45) is 2.69. The van der Waals surface area contributed by atoms with E-state index in [2.05, 4.69) is 32.7 Å². The Balaban J connectivity index is 0. The minimum absolute atomic E-state index is 0.832. The Morgan fingerprint density at radius 1 is 1.07 bits per heavy atom. The highest BCUT2D eigenvalue weighted by atomic mass is 15.1. The second-order valence-electron chi connectivity index (χ2n) is 4.08. The summed E-state index contributed by atoms with van der Waals surface area (Å²) in [6, 6.07) is 0.832. The fraction of sp³-hybridized carbons (Fsp3) is 1.00. The maximum absolute atomic E-state index is 2.52. The monoisotopic (exact) mass is 215 g/mol. The van der Waals surface area contributed by atoms with Gasteiger partial charge in [0.2, 0.25) is 0 Å². The van der Waals surface area contributed by atoms with Gasteiger partial charge in [-0.3, -0.25) is 0 Å². The van der Waals surface area contributed by atoms with Crippen LogP contribution in [-0.2, 0) is 0 Å². The highest BCUT2D eigenvalue weighted by Gasteiger charge is 2.28. The summed E-state index contributed by atoms with van der Waals surface area (Å²) in [5.41, 5.74) is 0. The molecule has 0 amide bonds. The van der Waals surface area contributed by atoms with Crippen LogP contribution < -0.4 is 0 Å². The third-order valence-corrected chi connectivity index (χ3v) is 3.43. The minimum atomic E-state index is 0.832. The molecule has 3 atom stereocenters. The maximum Gasteiger partial charge on any atom is 0.0118 e. The van der Waals surface area contributed by atoms with Gasteiger partial charge in [-0.05, 0) is 38.3 Å². The molecule has 0 aromatic carbocycles. The molecule has 94 valence electrons. The summed E-state index contributed by atoms with van der Waals surface area (Å²) >= 11 is 0. The van der Waals surface area contributed by atoms with Crippen LogP contribution in [0.4, 0.5) is 0 Å². The van der Waals surface area contributed by atoms with Gasteiger partial charge in [-0.2, -0.15) is 0 Å². The lowest BCUT2D eigenvalue weighted by atomic mass is 9.81. The van der Waals surface area contributed by atoms with Gasteiger partial charge in [0.1, 0.15) is 0 Å². The van der Waals surface area contributed by atoms with Gasteiger partial charge in [0.25, 0.3) is 0 Å². The third kappa shape index (κ3) is 5.55. The Hall–Kier alpha value is -0.0400. The van der Waals surface area contributed by atoms with Crippen LogP contribution in [0.3, 0.4) is 0 Å². The van der Waals surface area contributed by atoms with E-state index in [1.54, 1.807) is 0 Å². The first-order chi connectivity index (χ1) is 7.16. The molecule has 1 heteroatoms. The minimum Gasteiger partial charge on any atom is -0.303 e. The molecule has 1 fully saturated rings. The molecule has 1 aliphatic heterocycles. The predicted octanol–water partition coefficient (Wildman–Crippen LogP) is 4.43. The van der Waals surface area contributed by atoms with Gasteiger partial charge in [0.15, 0.2) is 0 Å². The SMILES string of the molecule is CC.CC.CCC1C(C)C(C)CCN1C. The summed E-state index contributed by atoms with van der Waals surface area (Å²) in [4.78, 5) is 2.52. The smallest absolute Gasteiger partial charge is 0.0118 e. The average Bonchev–Trinajstić information content (AvgIpc) is 2.30. The Bertz CT molecular complexity index is 123. The van der Waals surface area contributed by atoms with E-state index in [0.29, 0.717) is 0 Å². The quantitative estimate of drug-likeness (QED) is 0.625. The number of likely N-dealkylation sites (tertiary alicyclic amines) is 1. The summed E-state index contributed by atoms with van der Waals surface area (Å²) < 4.78 is 0. The molecule has 0 radical (unpaired) electrons. The molecule has 0 N–H and O–H groups in total. The van der Waals surface area contributed by atoms with Crippen molar-refractivity contribution in [2.24, 2.45) is 11.8 Å². The Morgan fingerprint density at radius 3 is 1.87 bits per heavy atom. The molecular formula is C14H33N. The molecule has 0 bridgehead atoms. The Morgan fingerprint density at radius 2 is 1.53 bits per heavy atom. The Labute approximate surface area is 98.2 Å². The van der Waals surface area contributed by atoms with Crippen LogP contribution in [0.1, 0.15) is 61.3 Å². The van der Waals surface area contributed by atoms with Gasteiger partial charge >= 0.3 is 0 Å². The standard InChI is InChI=1S/C10H21N.2C2H6/c1-5-10-9(3)8(2)6-7-11(10)4;2*1-2/h8-10H,5-7H2,1-4H3;2*1-2H3. The predicted molar refractivity (Wildman–Crippen MR) is 72.4 cm³/mol. The van der Waals surface area contributed by atoms with Crippen LogP contribution in [-0.4, -0.2) is 24.5 Å². The molecular weight excluding hydrogens is 182 g/mol. The number of rotatable bonds is 1. The first-order valence-electron chi connectivity index (χ1n) is 6.87. The molecule has 1 heterocycles. The van der Waals surface area contributed by atoms with Gasteiger partial charge in [0.05, 0.1) is 0 Å². The molecule has 0 spiro atoms. The van der Waals surface area contributed by atoms with Crippen molar-refractivity contribution in [1.29, 1.82) is 0 Å². The molecule has 1 rings (SSSR count). The molecule has 15 heavy (non-hydrogen) atoms. The molecule has 0 aromatic heterocycles. The van der Waals surface area contributed by atoms with E-state index in [9.17, 15) is 0 Å². The lowest BCUT2D eigenvalue weighted by molar-refractivity contribution is 0.0848. The zero-order valence-corrected chi connectivity index (χ0v) is 12.3. The van der Waals surface area contributed by atoms with Crippen molar-refractivity contribution >= 4 is 0 Å². The first-order valence-corrected chi connectivity index (χ1v) is 6.87. The fourth-order valence-corrected chi connectivity index (χ4v) is 2.30. The van der Waals surface area contributed by atoms with Crippen LogP contribution in [0.2, 0.25) is 0 Å². The van der Waals surface area contributed by atoms with E-state index < -0.39 is 0 Å². The number of hydrogen-bond acceptors (Lipinski definition) is 1. The second-order valence-corrected chi connectivity index (χ2v) is 4.08. The van der Waals surface area contributed by atoms with E-state index in [0.717, 1.165) is 17.9 Å². The van der Waals surface area contributed by atoms with Gasteiger partial charge in [-0.1, -0.05) is 48.5 Å². The van der Waals surface area contributed by atoms with Crippen molar-refractivity contribution in [3.8, 4) is 0 Å². The van der Waals surface area contributed by atoms with Crippen molar-refractivity contribution in [2.75, 3.05) is 13.6 Å². The number of nitrogens with zero attached hydrogens (tertiary/aromatic N) is 1. The van der Waals surface area contributed by atoms with Gasteiger partial charge in [0, 0.05) is 6.04 Å². The normalized spacial score (nSPS) is 30.8. The van der Waals surface area contributed by atoms with Crippen LogP contribution in [0.25, 0.3) is 0 Å². The topological polar surface area (TPSA) is 3.24 Å². The molecule has 1 nitrogen and oxygen atoms in total. The van der Waals surface area contributed by atoms with Crippen LogP contribution >= 0.6 is 0 Å². The lowest BCUT2D eigenvalue weighted by Gasteiger charge is -2.41. The Kier molecular flexibility index (Phi) is 12.1. The van der Waals surface area contributed by atoms with Crippen LogP contribution in [0.15, 0.2) is 0 Å². The van der Waals surface area contributed by atoms with Crippen LogP contribution in [0, 0.1) is 11.8 Å². The largest absolute Gasteiger partial charge is 0.303 e. The number of piperidine rings is 1. The molecule has 1 saturated heterocycles. The maximum atomic E-state index is 2.52. The van der Waals surface area contributed by atoms with E-state index in [-0.39, 0.29) is 0 Å².